The monoisotopic (exact) mass is 437 g/mol. The molecule has 0 saturated heterocycles. The molecular formula is C25H31N3O4. The lowest BCUT2D eigenvalue weighted by Gasteiger charge is -2.17. The fourth-order valence-corrected chi connectivity index (χ4v) is 3.92. The second-order valence-electron chi connectivity index (χ2n) is 7.88. The average molecular weight is 438 g/mol. The molecule has 0 bridgehead atoms. The van der Waals surface area contributed by atoms with Crippen LogP contribution >= 0.6 is 0 Å². The summed E-state index contributed by atoms with van der Waals surface area (Å²) in [6, 6.07) is 15.2. The zero-order valence-electron chi connectivity index (χ0n) is 18.3. The average Bonchev–Trinajstić information content (AvgIpc) is 3.12. The van der Waals surface area contributed by atoms with E-state index in [1.165, 1.54) is 0 Å². The van der Waals surface area contributed by atoms with Gasteiger partial charge in [0.1, 0.15) is 12.6 Å². The number of carbonyl (C=O) groups is 2. The topological polar surface area (TPSA) is 114 Å². The molecule has 0 fully saturated rings. The zero-order valence-corrected chi connectivity index (χ0v) is 18.3. The van der Waals surface area contributed by atoms with Gasteiger partial charge in [-0.2, -0.15) is 0 Å². The minimum Gasteiger partial charge on any atom is -0.480 e. The molecule has 0 aliphatic heterocycles. The fourth-order valence-electron chi connectivity index (χ4n) is 3.92. The number of carboxylic acids is 1. The Hall–Kier alpha value is -3.48. The highest BCUT2D eigenvalue weighted by Crippen LogP contribution is 2.44. The number of ether oxygens (including phenoxy) is 1. The van der Waals surface area contributed by atoms with Gasteiger partial charge in [-0.25, -0.2) is 9.59 Å². The van der Waals surface area contributed by atoms with E-state index in [1.807, 2.05) is 43.3 Å². The van der Waals surface area contributed by atoms with Gasteiger partial charge in [-0.05, 0) is 47.9 Å². The van der Waals surface area contributed by atoms with Crippen molar-refractivity contribution in [1.82, 2.24) is 10.6 Å². The van der Waals surface area contributed by atoms with Crippen molar-refractivity contribution in [3.8, 4) is 11.1 Å². The quantitative estimate of drug-likeness (QED) is 0.396. The minimum absolute atomic E-state index is 0.0638. The Labute approximate surface area is 188 Å². The van der Waals surface area contributed by atoms with E-state index in [0.29, 0.717) is 19.4 Å². The highest BCUT2D eigenvalue weighted by atomic mass is 16.5. The predicted octanol–water partition coefficient (Wildman–Crippen LogP) is 3.95. The molecule has 0 unspecified atom stereocenters. The Balaban J connectivity index is 1.49. The molecule has 0 aromatic heterocycles. The summed E-state index contributed by atoms with van der Waals surface area (Å²) in [5.74, 6) is -1.13. The fraction of sp³-hybridized carbons (Fsp3) is 0.360. The number of benzene rings is 2. The van der Waals surface area contributed by atoms with E-state index >= 15 is 0 Å². The molecule has 170 valence electrons. The molecule has 1 amide bonds. The van der Waals surface area contributed by atoms with Gasteiger partial charge in [0.05, 0.1) is 0 Å². The molecule has 32 heavy (non-hydrogen) atoms. The van der Waals surface area contributed by atoms with Gasteiger partial charge in [-0.1, -0.05) is 55.5 Å². The van der Waals surface area contributed by atoms with Crippen LogP contribution in [0.15, 0.2) is 60.4 Å². The number of rotatable bonds is 11. The molecule has 1 aliphatic rings. The molecule has 3 rings (SSSR count). The molecule has 1 aliphatic carbocycles. The van der Waals surface area contributed by atoms with Crippen LogP contribution in [0.1, 0.15) is 49.7 Å². The summed E-state index contributed by atoms with van der Waals surface area (Å²) in [5, 5.41) is 15.1. The van der Waals surface area contributed by atoms with Crippen LogP contribution in [0.4, 0.5) is 4.79 Å². The standard InChI is InChI=1S/C25H31N3O4/c1-2-17(26)15-27-14-8-7-13-23(24(29)30)28-25(31)32-16-22-20-11-5-3-9-18(20)19-10-4-6-12-21(19)22/h3-6,9-12,15,22-23,27H,2,7-8,13-14,16,26H2,1H3,(H,28,31)(H,29,30)/b17-15-/t23-/m0/s1. The van der Waals surface area contributed by atoms with Gasteiger partial charge in [-0.3, -0.25) is 0 Å². The number of carboxylic acid groups (broad SMARTS) is 1. The number of amides is 1. The zero-order chi connectivity index (χ0) is 22.9. The highest BCUT2D eigenvalue weighted by Gasteiger charge is 2.29. The third-order valence-corrected chi connectivity index (χ3v) is 5.69. The Morgan fingerprint density at radius 1 is 1.09 bits per heavy atom. The summed E-state index contributed by atoms with van der Waals surface area (Å²) in [5.41, 5.74) is 11.0. The van der Waals surface area contributed by atoms with Gasteiger partial charge in [0.2, 0.25) is 0 Å². The Kier molecular flexibility index (Phi) is 8.14. The summed E-state index contributed by atoms with van der Waals surface area (Å²) >= 11 is 0. The molecule has 0 radical (unpaired) electrons. The van der Waals surface area contributed by atoms with E-state index in [0.717, 1.165) is 40.8 Å². The summed E-state index contributed by atoms with van der Waals surface area (Å²) in [4.78, 5) is 23.9. The Morgan fingerprint density at radius 3 is 2.31 bits per heavy atom. The van der Waals surface area contributed by atoms with Gasteiger partial charge in [0.15, 0.2) is 0 Å². The van der Waals surface area contributed by atoms with Crippen LogP contribution in [-0.4, -0.2) is 36.4 Å². The van der Waals surface area contributed by atoms with Crippen molar-refractivity contribution in [3.05, 3.63) is 71.6 Å². The molecule has 0 saturated carbocycles. The number of nitrogens with one attached hydrogen (secondary N) is 2. The first-order valence-electron chi connectivity index (χ1n) is 11.0. The third-order valence-electron chi connectivity index (χ3n) is 5.69. The van der Waals surface area contributed by atoms with E-state index in [1.54, 1.807) is 6.20 Å². The number of fused-ring (bicyclic) bond motifs is 3. The van der Waals surface area contributed by atoms with E-state index < -0.39 is 18.1 Å². The van der Waals surface area contributed by atoms with Gasteiger partial charge < -0.3 is 26.2 Å². The second kappa shape index (κ2) is 11.2. The van der Waals surface area contributed by atoms with Gasteiger partial charge in [0, 0.05) is 24.4 Å². The van der Waals surface area contributed by atoms with E-state index in [-0.39, 0.29) is 12.5 Å². The molecular weight excluding hydrogens is 406 g/mol. The number of carbonyl (C=O) groups excluding carboxylic acids is 1. The van der Waals surface area contributed by atoms with Crippen molar-refractivity contribution < 1.29 is 19.4 Å². The first-order chi connectivity index (χ1) is 15.5. The maximum absolute atomic E-state index is 12.4. The number of alkyl carbamates (subject to hydrolysis) is 1. The van der Waals surface area contributed by atoms with Crippen LogP contribution in [0.3, 0.4) is 0 Å². The summed E-state index contributed by atoms with van der Waals surface area (Å²) < 4.78 is 5.46. The van der Waals surface area contributed by atoms with Gasteiger partial charge in [-0.15, -0.1) is 0 Å². The molecule has 2 aromatic carbocycles. The molecule has 7 heteroatoms. The molecule has 2 aromatic rings. The normalized spacial score (nSPS) is 13.7. The molecule has 0 spiro atoms. The third kappa shape index (κ3) is 5.81. The number of allylic oxidation sites excluding steroid dienone is 1. The van der Waals surface area contributed by atoms with E-state index in [9.17, 15) is 14.7 Å². The minimum atomic E-state index is -1.07. The van der Waals surface area contributed by atoms with E-state index in [4.69, 9.17) is 10.5 Å². The predicted molar refractivity (Wildman–Crippen MR) is 124 cm³/mol. The van der Waals surface area contributed by atoms with Gasteiger partial charge >= 0.3 is 12.1 Å². The first kappa shape index (κ1) is 23.2. The van der Waals surface area contributed by atoms with E-state index in [2.05, 4.69) is 22.8 Å². The summed E-state index contributed by atoms with van der Waals surface area (Å²) in [6.07, 6.45) is 3.57. The van der Waals surface area contributed by atoms with Crippen molar-refractivity contribution in [1.29, 1.82) is 0 Å². The number of unbranched alkanes of at least 4 members (excludes halogenated alkanes) is 1. The Bertz CT molecular complexity index is 928. The van der Waals surface area contributed by atoms with Gasteiger partial charge in [0.25, 0.3) is 0 Å². The number of hydrogen-bond acceptors (Lipinski definition) is 5. The summed E-state index contributed by atoms with van der Waals surface area (Å²) in [6.45, 7) is 2.82. The lowest BCUT2D eigenvalue weighted by molar-refractivity contribution is -0.139. The Morgan fingerprint density at radius 2 is 1.72 bits per heavy atom. The van der Waals surface area contributed by atoms with Crippen molar-refractivity contribution in [2.75, 3.05) is 13.2 Å². The molecule has 5 N–H and O–H groups in total. The first-order valence-corrected chi connectivity index (χ1v) is 11.0. The number of aliphatic carboxylic acids is 1. The summed E-state index contributed by atoms with van der Waals surface area (Å²) in [7, 11) is 0. The molecule has 7 nitrogen and oxygen atoms in total. The van der Waals surface area contributed by atoms with Crippen molar-refractivity contribution >= 4 is 12.1 Å². The van der Waals surface area contributed by atoms with Crippen molar-refractivity contribution in [3.63, 3.8) is 0 Å². The van der Waals surface area contributed by atoms with Crippen LogP contribution in [0, 0.1) is 0 Å². The lowest BCUT2D eigenvalue weighted by atomic mass is 9.98. The number of nitrogens with two attached hydrogens (primary N) is 1. The van der Waals surface area contributed by atoms with Crippen LogP contribution < -0.4 is 16.4 Å². The second-order valence-corrected chi connectivity index (χ2v) is 7.88. The van der Waals surface area contributed by atoms with Crippen molar-refractivity contribution in [2.24, 2.45) is 5.73 Å². The highest BCUT2D eigenvalue weighted by molar-refractivity contribution is 5.81. The molecule has 0 heterocycles. The lowest BCUT2D eigenvalue weighted by Crippen LogP contribution is -2.41. The maximum atomic E-state index is 12.4. The van der Waals surface area contributed by atoms with Crippen LogP contribution in [-0.2, 0) is 9.53 Å². The van der Waals surface area contributed by atoms with Crippen LogP contribution in [0.5, 0.6) is 0 Å². The smallest absolute Gasteiger partial charge is 0.407 e. The maximum Gasteiger partial charge on any atom is 0.407 e. The van der Waals surface area contributed by atoms with Crippen LogP contribution in [0.2, 0.25) is 0 Å². The van der Waals surface area contributed by atoms with Crippen molar-refractivity contribution in [2.45, 2.75) is 44.6 Å². The SMILES string of the molecule is CC/C(N)=C/NCCCC[C@H](NC(=O)OCC1c2ccccc2-c2ccccc21)C(=O)O. The van der Waals surface area contributed by atoms with Crippen LogP contribution in [0.25, 0.3) is 11.1 Å². The molecule has 1 atom stereocenters. The largest absolute Gasteiger partial charge is 0.480 e. The number of hydrogen-bond donors (Lipinski definition) is 4.